The van der Waals surface area contributed by atoms with Gasteiger partial charge in [-0.15, -0.1) is 0 Å². The molecule has 3 aromatic rings. The lowest BCUT2D eigenvalue weighted by atomic mass is 10.2. The third kappa shape index (κ3) is 4.37. The highest BCUT2D eigenvalue weighted by molar-refractivity contribution is 6.31. The topological polar surface area (TPSA) is 45.2 Å². The predicted octanol–water partition coefficient (Wildman–Crippen LogP) is 5.28. The third-order valence-corrected chi connectivity index (χ3v) is 4.06. The molecule has 25 heavy (non-hydrogen) atoms. The first kappa shape index (κ1) is 17.0. The Morgan fingerprint density at radius 2 is 1.92 bits per heavy atom. The Hall–Kier alpha value is -2.85. The number of anilines is 2. The molecular formula is C20H18ClN3O. The van der Waals surface area contributed by atoms with E-state index in [0.29, 0.717) is 17.3 Å². The summed E-state index contributed by atoms with van der Waals surface area (Å²) in [6.45, 7) is 2.37. The average Bonchev–Trinajstić information content (AvgIpc) is 2.62. The molecule has 1 heterocycles. The Kier molecular flexibility index (Phi) is 5.31. The highest BCUT2D eigenvalue weighted by Gasteiger charge is 2.17. The maximum absolute atomic E-state index is 12.9. The van der Waals surface area contributed by atoms with Gasteiger partial charge >= 0.3 is 6.03 Å². The number of aromatic nitrogens is 1. The van der Waals surface area contributed by atoms with Crippen molar-refractivity contribution in [1.82, 2.24) is 4.98 Å². The van der Waals surface area contributed by atoms with Crippen molar-refractivity contribution in [3.8, 4) is 0 Å². The summed E-state index contributed by atoms with van der Waals surface area (Å²) in [6.07, 6.45) is 3.34. The smallest absolute Gasteiger partial charge is 0.306 e. The monoisotopic (exact) mass is 351 g/mol. The van der Waals surface area contributed by atoms with E-state index in [1.807, 2.05) is 55.5 Å². The van der Waals surface area contributed by atoms with Crippen molar-refractivity contribution in [1.29, 1.82) is 0 Å². The van der Waals surface area contributed by atoms with Crippen molar-refractivity contribution >= 4 is 29.0 Å². The summed E-state index contributed by atoms with van der Waals surface area (Å²) < 4.78 is 0. The normalized spacial score (nSPS) is 10.3. The van der Waals surface area contributed by atoms with E-state index in [1.165, 1.54) is 0 Å². The Morgan fingerprint density at radius 1 is 1.12 bits per heavy atom. The summed E-state index contributed by atoms with van der Waals surface area (Å²) in [5.41, 5.74) is 3.40. The molecule has 126 valence electrons. The lowest BCUT2D eigenvalue weighted by Crippen LogP contribution is -2.34. The number of amides is 2. The molecule has 0 aliphatic carbocycles. The van der Waals surface area contributed by atoms with Crippen LogP contribution in [0, 0.1) is 6.92 Å². The van der Waals surface area contributed by atoms with E-state index in [-0.39, 0.29) is 6.03 Å². The van der Waals surface area contributed by atoms with Crippen molar-refractivity contribution in [2.75, 3.05) is 10.2 Å². The lowest BCUT2D eigenvalue weighted by Gasteiger charge is -2.24. The van der Waals surface area contributed by atoms with Gasteiger partial charge in [-0.3, -0.25) is 9.88 Å². The van der Waals surface area contributed by atoms with Crippen LogP contribution in [0.5, 0.6) is 0 Å². The fraction of sp³-hybridized carbons (Fsp3) is 0.100. The molecule has 2 aromatic carbocycles. The number of urea groups is 1. The zero-order valence-corrected chi connectivity index (χ0v) is 14.6. The lowest BCUT2D eigenvalue weighted by molar-refractivity contribution is 0.256. The van der Waals surface area contributed by atoms with Crippen LogP contribution in [0.4, 0.5) is 16.2 Å². The van der Waals surface area contributed by atoms with Crippen LogP contribution in [0.1, 0.15) is 11.1 Å². The van der Waals surface area contributed by atoms with Gasteiger partial charge in [-0.1, -0.05) is 48.0 Å². The van der Waals surface area contributed by atoms with Gasteiger partial charge in [-0.2, -0.15) is 0 Å². The molecule has 0 aliphatic heterocycles. The minimum absolute atomic E-state index is 0.234. The minimum atomic E-state index is -0.234. The van der Waals surface area contributed by atoms with Gasteiger partial charge in [0.05, 0.1) is 18.4 Å². The number of halogens is 1. The maximum atomic E-state index is 12.9. The molecule has 1 N–H and O–H groups in total. The van der Waals surface area contributed by atoms with Crippen LogP contribution in [0.25, 0.3) is 0 Å². The predicted molar refractivity (Wildman–Crippen MR) is 102 cm³/mol. The zero-order chi connectivity index (χ0) is 17.6. The number of benzene rings is 2. The number of aryl methyl sites for hydroxylation is 1. The largest absolute Gasteiger partial charge is 0.326 e. The number of rotatable bonds is 4. The molecule has 0 aliphatic rings. The molecule has 0 radical (unpaired) electrons. The Balaban J connectivity index is 1.90. The Labute approximate surface area is 152 Å². The zero-order valence-electron chi connectivity index (χ0n) is 13.8. The number of nitrogens with zero attached hydrogens (tertiary/aromatic N) is 2. The van der Waals surface area contributed by atoms with Gasteiger partial charge in [-0.25, -0.2) is 4.79 Å². The van der Waals surface area contributed by atoms with Crippen molar-refractivity contribution in [3.05, 3.63) is 89.2 Å². The summed E-state index contributed by atoms with van der Waals surface area (Å²) in [6, 6.07) is 18.7. The SMILES string of the molecule is Cc1ccncc1NC(=O)N(Cc1ccccc1)c1cccc(Cl)c1. The van der Waals surface area contributed by atoms with Crippen LogP contribution in [-0.4, -0.2) is 11.0 Å². The van der Waals surface area contributed by atoms with Crippen LogP contribution < -0.4 is 10.2 Å². The van der Waals surface area contributed by atoms with Gasteiger partial charge in [0.15, 0.2) is 0 Å². The fourth-order valence-electron chi connectivity index (χ4n) is 2.47. The van der Waals surface area contributed by atoms with Gasteiger partial charge in [0.1, 0.15) is 0 Å². The van der Waals surface area contributed by atoms with Gasteiger partial charge in [0.2, 0.25) is 0 Å². The molecule has 0 fully saturated rings. The molecule has 3 rings (SSSR count). The molecule has 4 nitrogen and oxygen atoms in total. The van der Waals surface area contributed by atoms with Crippen molar-refractivity contribution < 1.29 is 4.79 Å². The van der Waals surface area contributed by atoms with Gasteiger partial charge in [0, 0.05) is 16.9 Å². The fourth-order valence-corrected chi connectivity index (χ4v) is 2.65. The van der Waals surface area contributed by atoms with E-state index in [0.717, 1.165) is 16.8 Å². The minimum Gasteiger partial charge on any atom is -0.306 e. The van der Waals surface area contributed by atoms with Crippen molar-refractivity contribution in [2.24, 2.45) is 0 Å². The highest BCUT2D eigenvalue weighted by atomic mass is 35.5. The van der Waals surface area contributed by atoms with Gasteiger partial charge in [-0.05, 0) is 42.3 Å². The van der Waals surface area contributed by atoms with E-state index in [9.17, 15) is 4.79 Å². The van der Waals surface area contributed by atoms with E-state index in [1.54, 1.807) is 29.4 Å². The molecule has 0 atom stereocenters. The second-order valence-electron chi connectivity index (χ2n) is 5.67. The van der Waals surface area contributed by atoms with E-state index in [4.69, 9.17) is 11.6 Å². The first-order valence-electron chi connectivity index (χ1n) is 7.92. The molecule has 0 unspecified atom stereocenters. The summed E-state index contributed by atoms with van der Waals surface area (Å²) in [4.78, 5) is 18.7. The molecule has 2 amide bonds. The number of hydrogen-bond acceptors (Lipinski definition) is 2. The van der Waals surface area contributed by atoms with Crippen LogP contribution >= 0.6 is 11.6 Å². The van der Waals surface area contributed by atoms with E-state index < -0.39 is 0 Å². The molecule has 0 bridgehead atoms. The first-order valence-corrected chi connectivity index (χ1v) is 8.30. The molecule has 5 heteroatoms. The molecule has 1 aromatic heterocycles. The summed E-state index contributed by atoms with van der Waals surface area (Å²) in [7, 11) is 0. The molecule has 0 saturated heterocycles. The van der Waals surface area contributed by atoms with Crippen LogP contribution in [0.3, 0.4) is 0 Å². The molecular weight excluding hydrogens is 334 g/mol. The standard InChI is InChI=1S/C20H18ClN3O/c1-15-10-11-22-13-19(15)23-20(25)24(14-16-6-3-2-4-7-16)18-9-5-8-17(21)12-18/h2-13H,14H2,1H3,(H,23,25). The average molecular weight is 352 g/mol. The van der Waals surface area contributed by atoms with E-state index in [2.05, 4.69) is 10.3 Å². The number of pyridine rings is 1. The number of carbonyl (C=O) groups is 1. The quantitative estimate of drug-likeness (QED) is 0.694. The second kappa shape index (κ2) is 7.81. The maximum Gasteiger partial charge on any atom is 0.326 e. The van der Waals surface area contributed by atoms with Gasteiger partial charge < -0.3 is 5.32 Å². The number of nitrogens with one attached hydrogen (secondary N) is 1. The first-order chi connectivity index (χ1) is 12.1. The number of hydrogen-bond donors (Lipinski definition) is 1. The Bertz CT molecular complexity index is 868. The van der Waals surface area contributed by atoms with Gasteiger partial charge in [0.25, 0.3) is 0 Å². The van der Waals surface area contributed by atoms with Crippen LogP contribution in [0.2, 0.25) is 5.02 Å². The van der Waals surface area contributed by atoms with E-state index >= 15 is 0 Å². The highest BCUT2D eigenvalue weighted by Crippen LogP contribution is 2.23. The van der Waals surface area contributed by atoms with Crippen LogP contribution in [0.15, 0.2) is 73.1 Å². The summed E-state index contributed by atoms with van der Waals surface area (Å²) >= 11 is 6.11. The summed E-state index contributed by atoms with van der Waals surface area (Å²) in [5.74, 6) is 0. The second-order valence-corrected chi connectivity index (χ2v) is 6.11. The van der Waals surface area contributed by atoms with Crippen LogP contribution in [-0.2, 0) is 6.54 Å². The van der Waals surface area contributed by atoms with Crippen molar-refractivity contribution in [2.45, 2.75) is 13.5 Å². The van der Waals surface area contributed by atoms with Crippen molar-refractivity contribution in [3.63, 3.8) is 0 Å². The Morgan fingerprint density at radius 3 is 2.64 bits per heavy atom. The summed E-state index contributed by atoms with van der Waals surface area (Å²) in [5, 5.41) is 3.51. The third-order valence-electron chi connectivity index (χ3n) is 3.83. The molecule has 0 spiro atoms. The molecule has 0 saturated carbocycles. The number of carbonyl (C=O) groups excluding carboxylic acids is 1.